The van der Waals surface area contributed by atoms with E-state index in [1.165, 1.54) is 11.1 Å². The Bertz CT molecular complexity index is 295. The Labute approximate surface area is 86.1 Å². The molecule has 0 aromatic heterocycles. The molecule has 0 bridgehead atoms. The second-order valence-electron chi connectivity index (χ2n) is 3.44. The third-order valence-electron chi connectivity index (χ3n) is 2.16. The van der Waals surface area contributed by atoms with Crippen LogP contribution in [0.1, 0.15) is 13.3 Å². The lowest BCUT2D eigenvalue weighted by molar-refractivity contribution is 0.787. The summed E-state index contributed by atoms with van der Waals surface area (Å²) in [6.45, 7) is 7.10. The van der Waals surface area contributed by atoms with Crippen molar-refractivity contribution in [2.45, 2.75) is 13.3 Å². The summed E-state index contributed by atoms with van der Waals surface area (Å²) in [5.74, 6) is 0. The quantitative estimate of drug-likeness (QED) is 0.712. The zero-order chi connectivity index (χ0) is 10.4. The average Bonchev–Trinajstić information content (AvgIpc) is 2.14. The lowest BCUT2D eigenvalue weighted by Gasteiger charge is -2.10. The summed E-state index contributed by atoms with van der Waals surface area (Å²) in [5.41, 5.74) is 3.57. The first-order valence-electron chi connectivity index (χ1n) is 4.88. The van der Waals surface area contributed by atoms with Crippen molar-refractivity contribution in [3.8, 4) is 0 Å². The van der Waals surface area contributed by atoms with E-state index >= 15 is 0 Å². The van der Waals surface area contributed by atoms with Crippen LogP contribution in [0.15, 0.2) is 47.9 Å². The third-order valence-corrected chi connectivity index (χ3v) is 2.16. The molecule has 14 heavy (non-hydrogen) atoms. The van der Waals surface area contributed by atoms with E-state index in [1.54, 1.807) is 0 Å². The highest BCUT2D eigenvalue weighted by Crippen LogP contribution is 2.16. The Balaban J connectivity index is 2.74. The van der Waals surface area contributed by atoms with Crippen LogP contribution < -0.4 is 10.6 Å². The van der Waals surface area contributed by atoms with E-state index in [0.29, 0.717) is 0 Å². The molecular weight excluding hydrogens is 172 g/mol. The summed E-state index contributed by atoms with van der Waals surface area (Å²) in [6.07, 6.45) is 9.10. The van der Waals surface area contributed by atoms with Crippen molar-refractivity contribution >= 4 is 0 Å². The molecule has 0 atom stereocenters. The first-order chi connectivity index (χ1) is 6.74. The van der Waals surface area contributed by atoms with Gasteiger partial charge in [0, 0.05) is 12.4 Å². The van der Waals surface area contributed by atoms with Gasteiger partial charge in [0.25, 0.3) is 0 Å². The van der Waals surface area contributed by atoms with Crippen LogP contribution in [0.4, 0.5) is 0 Å². The van der Waals surface area contributed by atoms with Crippen LogP contribution in [-0.4, -0.2) is 13.6 Å². The van der Waals surface area contributed by atoms with Crippen LogP contribution in [0.3, 0.4) is 0 Å². The normalized spacial score (nSPS) is 22.6. The van der Waals surface area contributed by atoms with Crippen LogP contribution in [0.2, 0.25) is 0 Å². The molecule has 0 aromatic carbocycles. The second-order valence-corrected chi connectivity index (χ2v) is 3.44. The molecule has 0 spiro atoms. The van der Waals surface area contributed by atoms with Gasteiger partial charge in [0.2, 0.25) is 0 Å². The van der Waals surface area contributed by atoms with E-state index in [-0.39, 0.29) is 0 Å². The van der Waals surface area contributed by atoms with Gasteiger partial charge in [-0.2, -0.15) is 0 Å². The van der Waals surface area contributed by atoms with Crippen LogP contribution in [-0.2, 0) is 0 Å². The molecule has 1 heterocycles. The summed E-state index contributed by atoms with van der Waals surface area (Å²) in [4.78, 5) is 0. The largest absolute Gasteiger partial charge is 0.367 e. The second kappa shape index (κ2) is 5.45. The highest BCUT2D eigenvalue weighted by Gasteiger charge is 2.01. The van der Waals surface area contributed by atoms with Crippen molar-refractivity contribution in [1.82, 2.24) is 10.6 Å². The third kappa shape index (κ3) is 3.23. The Morgan fingerprint density at radius 2 is 2.29 bits per heavy atom. The Morgan fingerprint density at radius 3 is 3.00 bits per heavy atom. The number of nitrogens with one attached hydrogen (secondary N) is 2. The molecule has 76 valence electrons. The zero-order valence-electron chi connectivity index (χ0n) is 8.93. The van der Waals surface area contributed by atoms with Crippen LogP contribution in [0.25, 0.3) is 0 Å². The van der Waals surface area contributed by atoms with Gasteiger partial charge >= 0.3 is 0 Å². The van der Waals surface area contributed by atoms with Crippen molar-refractivity contribution in [3.05, 3.63) is 47.9 Å². The van der Waals surface area contributed by atoms with Crippen LogP contribution in [0, 0.1) is 0 Å². The number of hydrogen-bond donors (Lipinski definition) is 2. The summed E-state index contributed by atoms with van der Waals surface area (Å²) in [7, 11) is 1.96. The van der Waals surface area contributed by atoms with Gasteiger partial charge in [-0.25, -0.2) is 0 Å². The molecule has 0 aliphatic carbocycles. The van der Waals surface area contributed by atoms with E-state index in [0.717, 1.165) is 18.5 Å². The van der Waals surface area contributed by atoms with Crippen LogP contribution in [0.5, 0.6) is 0 Å². The fourth-order valence-electron chi connectivity index (χ4n) is 1.33. The van der Waals surface area contributed by atoms with Gasteiger partial charge in [0.1, 0.15) is 0 Å². The maximum absolute atomic E-state index is 4.05. The Hall–Kier alpha value is -1.28. The molecule has 0 aromatic rings. The summed E-state index contributed by atoms with van der Waals surface area (Å²) in [6, 6.07) is 0. The summed E-state index contributed by atoms with van der Waals surface area (Å²) < 4.78 is 0. The predicted molar refractivity (Wildman–Crippen MR) is 61.8 cm³/mol. The monoisotopic (exact) mass is 190 g/mol. The highest BCUT2D eigenvalue weighted by atomic mass is 14.8. The van der Waals surface area contributed by atoms with Gasteiger partial charge < -0.3 is 10.6 Å². The highest BCUT2D eigenvalue weighted by molar-refractivity contribution is 5.42. The first-order valence-corrected chi connectivity index (χ1v) is 4.88. The smallest absolute Gasteiger partial charge is 0.00430 e. The van der Waals surface area contributed by atoms with Gasteiger partial charge in [-0.3, -0.25) is 0 Å². The molecule has 0 fully saturated rings. The fourth-order valence-corrected chi connectivity index (χ4v) is 1.33. The Morgan fingerprint density at radius 1 is 1.50 bits per heavy atom. The zero-order valence-corrected chi connectivity index (χ0v) is 8.93. The van der Waals surface area contributed by atoms with E-state index in [2.05, 4.69) is 30.2 Å². The van der Waals surface area contributed by atoms with E-state index in [9.17, 15) is 0 Å². The molecule has 1 rings (SSSR count). The molecule has 0 saturated carbocycles. The molecule has 2 N–H and O–H groups in total. The molecule has 0 radical (unpaired) electrons. The van der Waals surface area contributed by atoms with Crippen molar-refractivity contribution in [3.63, 3.8) is 0 Å². The van der Waals surface area contributed by atoms with E-state index in [1.807, 2.05) is 25.5 Å². The number of hydrogen-bond acceptors (Lipinski definition) is 2. The van der Waals surface area contributed by atoms with Crippen molar-refractivity contribution in [2.75, 3.05) is 13.6 Å². The molecular formula is C12H18N2. The maximum atomic E-state index is 4.05. The average molecular weight is 190 g/mol. The van der Waals surface area contributed by atoms with Crippen molar-refractivity contribution in [1.29, 1.82) is 0 Å². The summed E-state index contributed by atoms with van der Waals surface area (Å²) in [5, 5.41) is 6.27. The maximum Gasteiger partial charge on any atom is 0.00430 e. The number of allylic oxidation sites excluding steroid dienone is 4. The predicted octanol–water partition coefficient (Wildman–Crippen LogP) is 2.10. The summed E-state index contributed by atoms with van der Waals surface area (Å²) >= 11 is 0. The van der Waals surface area contributed by atoms with Gasteiger partial charge in [0.05, 0.1) is 0 Å². The van der Waals surface area contributed by atoms with Crippen molar-refractivity contribution < 1.29 is 0 Å². The lowest BCUT2D eigenvalue weighted by atomic mass is 10.0. The fraction of sp³-hybridized carbons (Fsp3) is 0.333. The SMILES string of the molecule is C=C1/C=C(C)\C=C/NC=C1CCNC. The topological polar surface area (TPSA) is 24.1 Å². The van der Waals surface area contributed by atoms with Crippen molar-refractivity contribution in [2.24, 2.45) is 0 Å². The lowest BCUT2D eigenvalue weighted by Crippen LogP contribution is -2.10. The molecule has 1 aliphatic rings. The molecule has 1 aliphatic heterocycles. The van der Waals surface area contributed by atoms with Gasteiger partial charge in [-0.05, 0) is 49.7 Å². The molecule has 2 heteroatoms. The van der Waals surface area contributed by atoms with Gasteiger partial charge in [-0.1, -0.05) is 12.7 Å². The molecule has 0 saturated heterocycles. The van der Waals surface area contributed by atoms with Gasteiger partial charge in [0.15, 0.2) is 0 Å². The minimum Gasteiger partial charge on any atom is -0.367 e. The van der Waals surface area contributed by atoms with Gasteiger partial charge in [-0.15, -0.1) is 0 Å². The van der Waals surface area contributed by atoms with E-state index in [4.69, 9.17) is 0 Å². The number of rotatable bonds is 3. The molecule has 2 nitrogen and oxygen atoms in total. The van der Waals surface area contributed by atoms with E-state index < -0.39 is 0 Å². The minimum absolute atomic E-state index is 0.975. The standard InChI is InChI=1S/C12H18N2/c1-10-4-7-14-9-12(5-6-13-3)11(2)8-10/h4,7-9,13-14H,2,5-6H2,1,3H3/b7-4-,10-8-,12-9?. The Kier molecular flexibility index (Phi) is 4.20. The van der Waals surface area contributed by atoms with Crippen LogP contribution >= 0.6 is 0 Å². The molecule has 0 unspecified atom stereocenters. The minimum atomic E-state index is 0.975. The first kappa shape index (κ1) is 10.8. The molecule has 0 amide bonds.